The summed E-state index contributed by atoms with van der Waals surface area (Å²) >= 11 is 0. The summed E-state index contributed by atoms with van der Waals surface area (Å²) in [5, 5.41) is 13.7. The van der Waals surface area contributed by atoms with E-state index in [0.717, 1.165) is 17.7 Å². The zero-order valence-corrected chi connectivity index (χ0v) is 13.7. The quantitative estimate of drug-likeness (QED) is 0.775. The number of halogens is 3. The highest BCUT2D eigenvalue weighted by Crippen LogP contribution is 2.29. The second-order valence-corrected chi connectivity index (χ2v) is 5.68. The van der Waals surface area contributed by atoms with Gasteiger partial charge in [0.15, 0.2) is 0 Å². The number of aryl methyl sites for hydroxylation is 1. The smallest absolute Gasteiger partial charge is 0.326 e. The number of anilines is 1. The lowest BCUT2D eigenvalue weighted by Crippen LogP contribution is -2.15. The van der Waals surface area contributed by atoms with E-state index >= 15 is 0 Å². The van der Waals surface area contributed by atoms with Crippen LogP contribution in [0, 0.1) is 6.92 Å². The molecular formula is C17H14F3N5O. The molecule has 0 saturated carbocycles. The van der Waals surface area contributed by atoms with E-state index in [1.165, 1.54) is 23.1 Å². The summed E-state index contributed by atoms with van der Waals surface area (Å²) in [6, 6.07) is 9.78. The number of tetrazole rings is 1. The monoisotopic (exact) mass is 361 g/mol. The van der Waals surface area contributed by atoms with Gasteiger partial charge < -0.3 is 5.32 Å². The summed E-state index contributed by atoms with van der Waals surface area (Å²) in [5.74, 6) is -0.337. The highest BCUT2D eigenvalue weighted by Gasteiger charge is 2.29. The predicted octanol–water partition coefficient (Wildman–Crippen LogP) is 3.17. The number of hydrogen-bond donors (Lipinski definition) is 1. The van der Waals surface area contributed by atoms with E-state index in [1.54, 1.807) is 12.1 Å². The summed E-state index contributed by atoms with van der Waals surface area (Å²) in [4.78, 5) is 12.2. The minimum absolute atomic E-state index is 0.0355. The molecule has 6 nitrogen and oxygen atoms in total. The number of hydrogen-bond acceptors (Lipinski definition) is 4. The van der Waals surface area contributed by atoms with Crippen molar-refractivity contribution in [2.75, 3.05) is 5.32 Å². The van der Waals surface area contributed by atoms with Gasteiger partial charge in [0.2, 0.25) is 5.91 Å². The van der Waals surface area contributed by atoms with Crippen molar-refractivity contribution >= 4 is 11.6 Å². The lowest BCUT2D eigenvalue weighted by Gasteiger charge is -2.10. The molecule has 9 heteroatoms. The third kappa shape index (κ3) is 4.05. The number of alkyl halides is 3. The molecule has 0 spiro atoms. The van der Waals surface area contributed by atoms with Crippen molar-refractivity contribution in [3.8, 4) is 5.69 Å². The molecular weight excluding hydrogens is 347 g/mol. The molecule has 134 valence electrons. The van der Waals surface area contributed by atoms with Gasteiger partial charge >= 0.3 is 6.18 Å². The second-order valence-electron chi connectivity index (χ2n) is 5.68. The molecule has 0 fully saturated rings. The Morgan fingerprint density at radius 1 is 1.15 bits per heavy atom. The molecule has 26 heavy (non-hydrogen) atoms. The number of nitrogens with one attached hydrogen (secondary N) is 1. The molecule has 0 aliphatic carbocycles. The van der Waals surface area contributed by atoms with Gasteiger partial charge in [-0.3, -0.25) is 4.79 Å². The third-order valence-corrected chi connectivity index (χ3v) is 3.73. The Hall–Kier alpha value is -3.23. The van der Waals surface area contributed by atoms with Gasteiger partial charge in [-0.15, -0.1) is 5.10 Å². The Morgan fingerprint density at radius 2 is 1.88 bits per heavy atom. The van der Waals surface area contributed by atoms with Crippen LogP contribution in [0.25, 0.3) is 5.69 Å². The fourth-order valence-electron chi connectivity index (χ4n) is 2.41. The molecule has 3 aromatic rings. The number of carbonyl (C=O) groups excluding carboxylic acids is 1. The van der Waals surface area contributed by atoms with Crippen LogP contribution in [-0.2, 0) is 17.4 Å². The van der Waals surface area contributed by atoms with Crippen LogP contribution >= 0.6 is 0 Å². The minimum Gasteiger partial charge on any atom is -0.326 e. The molecule has 0 aliphatic heterocycles. The van der Waals surface area contributed by atoms with Gasteiger partial charge in [0.1, 0.15) is 6.33 Å². The first-order chi connectivity index (χ1) is 12.3. The van der Waals surface area contributed by atoms with Crippen LogP contribution in [0.1, 0.15) is 16.7 Å². The molecule has 0 aliphatic rings. The van der Waals surface area contributed by atoms with Crippen molar-refractivity contribution in [1.29, 1.82) is 0 Å². The minimum atomic E-state index is -4.39. The van der Waals surface area contributed by atoms with E-state index in [1.807, 2.05) is 13.0 Å². The zero-order valence-electron chi connectivity index (χ0n) is 13.7. The van der Waals surface area contributed by atoms with Crippen LogP contribution in [0.5, 0.6) is 0 Å². The Morgan fingerprint density at radius 3 is 2.50 bits per heavy atom. The number of nitrogens with zero attached hydrogens (tertiary/aromatic N) is 4. The average molecular weight is 361 g/mol. The van der Waals surface area contributed by atoms with E-state index in [2.05, 4.69) is 20.8 Å². The average Bonchev–Trinajstić information content (AvgIpc) is 3.10. The molecule has 0 atom stereocenters. The van der Waals surface area contributed by atoms with E-state index in [0.29, 0.717) is 16.9 Å². The maximum atomic E-state index is 12.6. The Balaban J connectivity index is 1.70. The Kier molecular flexibility index (Phi) is 4.70. The largest absolute Gasteiger partial charge is 0.416 e. The molecule has 1 heterocycles. The van der Waals surface area contributed by atoms with Crippen LogP contribution in [0.3, 0.4) is 0 Å². The molecule has 2 aromatic carbocycles. The molecule has 0 unspecified atom stereocenters. The molecule has 0 bridgehead atoms. The van der Waals surface area contributed by atoms with Gasteiger partial charge in [-0.1, -0.05) is 18.2 Å². The van der Waals surface area contributed by atoms with Gasteiger partial charge in [0, 0.05) is 5.69 Å². The number of carbonyl (C=O) groups is 1. The molecule has 1 N–H and O–H groups in total. The van der Waals surface area contributed by atoms with Crippen molar-refractivity contribution < 1.29 is 18.0 Å². The summed E-state index contributed by atoms with van der Waals surface area (Å²) in [7, 11) is 0. The topological polar surface area (TPSA) is 72.7 Å². The lowest BCUT2D eigenvalue weighted by atomic mass is 10.1. The molecule has 3 rings (SSSR count). The third-order valence-electron chi connectivity index (χ3n) is 3.73. The van der Waals surface area contributed by atoms with E-state index in [9.17, 15) is 18.0 Å². The lowest BCUT2D eigenvalue weighted by molar-refractivity contribution is -0.137. The maximum Gasteiger partial charge on any atom is 0.416 e. The van der Waals surface area contributed by atoms with Crippen LogP contribution in [0.4, 0.5) is 18.9 Å². The molecule has 1 amide bonds. The van der Waals surface area contributed by atoms with E-state index in [-0.39, 0.29) is 12.3 Å². The summed E-state index contributed by atoms with van der Waals surface area (Å²) in [5.41, 5.74) is 1.91. The van der Waals surface area contributed by atoms with Crippen molar-refractivity contribution in [1.82, 2.24) is 20.2 Å². The Labute approximate surface area is 146 Å². The number of amides is 1. The van der Waals surface area contributed by atoms with Gasteiger partial charge in [0.25, 0.3) is 0 Å². The summed E-state index contributed by atoms with van der Waals surface area (Å²) < 4.78 is 39.2. The van der Waals surface area contributed by atoms with Crippen molar-refractivity contribution in [2.24, 2.45) is 0 Å². The number of aromatic nitrogens is 4. The van der Waals surface area contributed by atoms with Crippen molar-refractivity contribution in [2.45, 2.75) is 19.5 Å². The number of rotatable bonds is 4. The highest BCUT2D eigenvalue weighted by atomic mass is 19.4. The van der Waals surface area contributed by atoms with E-state index < -0.39 is 11.7 Å². The second kappa shape index (κ2) is 6.95. The Bertz CT molecular complexity index is 905. The molecule has 0 saturated heterocycles. The van der Waals surface area contributed by atoms with Gasteiger partial charge in [-0.25, -0.2) is 4.68 Å². The molecule has 0 radical (unpaired) electrons. The SMILES string of the molecule is Cc1ccc(NC(=O)Cc2ccc(C(F)(F)F)cc2)cc1-n1cnnn1. The first kappa shape index (κ1) is 17.6. The van der Waals surface area contributed by atoms with Gasteiger partial charge in [0.05, 0.1) is 17.7 Å². The first-order valence-electron chi connectivity index (χ1n) is 7.63. The van der Waals surface area contributed by atoms with Crippen LogP contribution in [-0.4, -0.2) is 26.1 Å². The van der Waals surface area contributed by atoms with E-state index in [4.69, 9.17) is 0 Å². The van der Waals surface area contributed by atoms with Crippen molar-refractivity contribution in [3.63, 3.8) is 0 Å². The van der Waals surface area contributed by atoms with Gasteiger partial charge in [-0.05, 0) is 52.7 Å². The molecule has 1 aromatic heterocycles. The predicted molar refractivity (Wildman–Crippen MR) is 87.7 cm³/mol. The van der Waals surface area contributed by atoms with Crippen LogP contribution < -0.4 is 5.32 Å². The normalized spacial score (nSPS) is 11.4. The summed E-state index contributed by atoms with van der Waals surface area (Å²) in [6.45, 7) is 1.88. The fraction of sp³-hybridized carbons (Fsp3) is 0.176. The summed E-state index contributed by atoms with van der Waals surface area (Å²) in [6.07, 6.45) is -2.99. The van der Waals surface area contributed by atoms with Gasteiger partial charge in [-0.2, -0.15) is 13.2 Å². The first-order valence-corrected chi connectivity index (χ1v) is 7.63. The van der Waals surface area contributed by atoms with Crippen LogP contribution in [0.2, 0.25) is 0 Å². The maximum absolute atomic E-state index is 12.6. The standard InChI is InChI=1S/C17H14F3N5O/c1-11-2-7-14(9-15(11)25-10-21-23-24-25)22-16(26)8-12-3-5-13(6-4-12)17(18,19)20/h2-7,9-10H,8H2,1H3,(H,22,26). The number of benzene rings is 2. The van der Waals surface area contributed by atoms with Crippen molar-refractivity contribution in [3.05, 3.63) is 65.5 Å². The fourth-order valence-corrected chi connectivity index (χ4v) is 2.41. The highest BCUT2D eigenvalue weighted by molar-refractivity contribution is 5.92. The van der Waals surface area contributed by atoms with Crippen LogP contribution in [0.15, 0.2) is 48.8 Å². The zero-order chi connectivity index (χ0) is 18.7.